The molecule has 1 aromatic carbocycles. The summed E-state index contributed by atoms with van der Waals surface area (Å²) in [5.74, 6) is 1.92. The van der Waals surface area contributed by atoms with Crippen molar-refractivity contribution in [2.24, 2.45) is 13.0 Å². The van der Waals surface area contributed by atoms with Gasteiger partial charge in [-0.1, -0.05) is 49.8 Å². The van der Waals surface area contributed by atoms with E-state index in [4.69, 9.17) is 10.1 Å². The second-order valence-electron chi connectivity index (χ2n) is 11.3. The number of fused-ring (bicyclic) bond motifs is 3. The van der Waals surface area contributed by atoms with Crippen molar-refractivity contribution in [1.82, 2.24) is 34.4 Å². The van der Waals surface area contributed by atoms with E-state index in [1.54, 1.807) is 0 Å². The Labute approximate surface area is 236 Å². The van der Waals surface area contributed by atoms with Crippen LogP contribution in [-0.2, 0) is 26.4 Å². The Morgan fingerprint density at radius 1 is 1.00 bits per heavy atom. The van der Waals surface area contributed by atoms with Gasteiger partial charge in [0.25, 0.3) is 0 Å². The number of aryl methyl sites for hydroxylation is 4. The zero-order valence-electron chi connectivity index (χ0n) is 24.1. The highest BCUT2D eigenvalue weighted by Gasteiger charge is 2.27. The van der Waals surface area contributed by atoms with E-state index in [1.807, 2.05) is 34.9 Å². The van der Waals surface area contributed by atoms with E-state index >= 15 is 0 Å². The number of hydrogen-bond acceptors (Lipinski definition) is 6. The van der Waals surface area contributed by atoms with Crippen LogP contribution >= 0.6 is 0 Å². The molecule has 6 rings (SSSR count). The van der Waals surface area contributed by atoms with Crippen LogP contribution < -0.4 is 5.32 Å². The van der Waals surface area contributed by atoms with E-state index in [0.717, 1.165) is 78.5 Å². The maximum Gasteiger partial charge on any atom is 0.228 e. The average molecular weight is 535 g/mol. The van der Waals surface area contributed by atoms with E-state index in [-0.39, 0.29) is 0 Å². The summed E-state index contributed by atoms with van der Waals surface area (Å²) in [5, 5.41) is 12.7. The maximum atomic E-state index is 4.98. The van der Waals surface area contributed by atoms with Gasteiger partial charge in [-0.05, 0) is 55.7 Å². The number of benzene rings is 1. The third-order valence-corrected chi connectivity index (χ3v) is 7.66. The molecule has 206 valence electrons. The lowest BCUT2D eigenvalue weighted by molar-refractivity contribution is 0.336. The van der Waals surface area contributed by atoms with Gasteiger partial charge in [-0.2, -0.15) is 10.2 Å². The first kappa shape index (κ1) is 26.0. The second-order valence-corrected chi connectivity index (χ2v) is 11.3. The van der Waals surface area contributed by atoms with Gasteiger partial charge in [-0.15, -0.1) is 0 Å². The predicted octanol–water partition coefficient (Wildman–Crippen LogP) is 6.25. The minimum absolute atomic E-state index is 0.548. The fourth-order valence-corrected chi connectivity index (χ4v) is 5.72. The van der Waals surface area contributed by atoms with Crippen molar-refractivity contribution in [3.05, 3.63) is 77.4 Å². The summed E-state index contributed by atoms with van der Waals surface area (Å²) in [5.41, 5.74) is 10.4. The van der Waals surface area contributed by atoms with Crippen molar-refractivity contribution >= 4 is 17.3 Å². The quantitative estimate of drug-likeness (QED) is 0.302. The highest BCUT2D eigenvalue weighted by Crippen LogP contribution is 2.40. The SMILES string of the molecule is CCn1ccc(Nc2ncc3c(n2)-c2c(nn(C)c2-c2ccc(C4=CN(CC(C)C)CCC(C)=C4)cc2)CC3)n1. The normalized spacial score (nSPS) is 14.9. The standard InChI is InChI=1S/C32H38N8/c1-6-40-16-14-28(37-40)34-32-33-18-25-11-12-27-29(30(25)35-32)31(38(5)36-27)24-9-7-23(8-10-24)26-17-22(4)13-15-39(20-26)19-21(2)3/h7-10,14,16-18,20-21H,6,11-13,15,19H2,1-5H3,(H,33,34,35,37). The number of hydrogen-bond donors (Lipinski definition) is 1. The molecule has 0 atom stereocenters. The molecule has 0 saturated heterocycles. The first-order valence-corrected chi connectivity index (χ1v) is 14.3. The molecule has 0 spiro atoms. The van der Waals surface area contributed by atoms with Crippen LogP contribution in [0.3, 0.4) is 0 Å². The van der Waals surface area contributed by atoms with Crippen LogP contribution in [0, 0.1) is 5.92 Å². The predicted molar refractivity (Wildman–Crippen MR) is 161 cm³/mol. The summed E-state index contributed by atoms with van der Waals surface area (Å²) in [4.78, 5) is 12.0. The second kappa shape index (κ2) is 10.8. The van der Waals surface area contributed by atoms with Gasteiger partial charge in [0.2, 0.25) is 5.95 Å². The van der Waals surface area contributed by atoms with Crippen LogP contribution in [0.25, 0.3) is 28.1 Å². The van der Waals surface area contributed by atoms with Gasteiger partial charge in [0.05, 0.1) is 17.1 Å². The van der Waals surface area contributed by atoms with E-state index in [1.165, 1.54) is 16.7 Å². The molecule has 1 aliphatic carbocycles. The van der Waals surface area contributed by atoms with Crippen molar-refractivity contribution in [3.63, 3.8) is 0 Å². The zero-order valence-corrected chi connectivity index (χ0v) is 24.1. The van der Waals surface area contributed by atoms with E-state index in [9.17, 15) is 0 Å². The summed E-state index contributed by atoms with van der Waals surface area (Å²) in [7, 11) is 2.03. The Bertz CT molecular complexity index is 1590. The number of nitrogens with zero attached hydrogens (tertiary/aromatic N) is 7. The lowest BCUT2D eigenvalue weighted by Gasteiger charge is -2.22. The van der Waals surface area contributed by atoms with Crippen molar-refractivity contribution in [2.75, 3.05) is 18.4 Å². The monoisotopic (exact) mass is 534 g/mol. The molecule has 0 fully saturated rings. The van der Waals surface area contributed by atoms with Crippen LogP contribution in [0.5, 0.6) is 0 Å². The smallest absolute Gasteiger partial charge is 0.228 e. The van der Waals surface area contributed by atoms with Gasteiger partial charge in [-0.25, -0.2) is 9.97 Å². The summed E-state index contributed by atoms with van der Waals surface area (Å²) in [6, 6.07) is 10.9. The minimum Gasteiger partial charge on any atom is -0.376 e. The molecule has 1 aliphatic heterocycles. The lowest BCUT2D eigenvalue weighted by atomic mass is 9.91. The van der Waals surface area contributed by atoms with Gasteiger partial charge < -0.3 is 10.2 Å². The largest absolute Gasteiger partial charge is 0.376 e. The number of anilines is 2. The van der Waals surface area contributed by atoms with Gasteiger partial charge in [-0.3, -0.25) is 9.36 Å². The van der Waals surface area contributed by atoms with Crippen molar-refractivity contribution in [1.29, 1.82) is 0 Å². The fourth-order valence-electron chi connectivity index (χ4n) is 5.72. The summed E-state index contributed by atoms with van der Waals surface area (Å²) >= 11 is 0. The first-order chi connectivity index (χ1) is 19.4. The molecule has 4 heterocycles. The summed E-state index contributed by atoms with van der Waals surface area (Å²) < 4.78 is 3.89. The Morgan fingerprint density at radius 2 is 1.80 bits per heavy atom. The molecular formula is C32H38N8. The van der Waals surface area contributed by atoms with Crippen molar-refractivity contribution < 1.29 is 0 Å². The lowest BCUT2D eigenvalue weighted by Crippen LogP contribution is -2.23. The molecule has 8 nitrogen and oxygen atoms in total. The summed E-state index contributed by atoms with van der Waals surface area (Å²) in [6.07, 6.45) is 11.4. The highest BCUT2D eigenvalue weighted by atomic mass is 15.3. The zero-order chi connectivity index (χ0) is 27.8. The van der Waals surface area contributed by atoms with Crippen LogP contribution in [0.4, 0.5) is 11.8 Å². The Morgan fingerprint density at radius 3 is 2.55 bits per heavy atom. The van der Waals surface area contributed by atoms with Crippen molar-refractivity contribution in [3.8, 4) is 22.5 Å². The van der Waals surface area contributed by atoms with Crippen molar-refractivity contribution in [2.45, 2.75) is 53.5 Å². The molecule has 3 aromatic heterocycles. The van der Waals surface area contributed by atoms with E-state index in [2.05, 4.69) is 84.5 Å². The molecule has 4 aromatic rings. The summed E-state index contributed by atoms with van der Waals surface area (Å²) in [6.45, 7) is 11.8. The molecule has 1 N–H and O–H groups in total. The number of rotatable bonds is 7. The van der Waals surface area contributed by atoms with E-state index in [0.29, 0.717) is 11.9 Å². The molecule has 2 aliphatic rings. The molecule has 0 saturated carbocycles. The number of nitrogens with one attached hydrogen (secondary N) is 1. The third kappa shape index (κ3) is 5.18. The Hall–Kier alpha value is -4.20. The Balaban J connectivity index is 1.34. The van der Waals surface area contributed by atoms with E-state index < -0.39 is 0 Å². The third-order valence-electron chi connectivity index (χ3n) is 7.66. The molecule has 0 amide bonds. The highest BCUT2D eigenvalue weighted by molar-refractivity contribution is 5.85. The van der Waals surface area contributed by atoms with Crippen LogP contribution in [0.15, 0.2) is 60.6 Å². The van der Waals surface area contributed by atoms with Gasteiger partial charge in [0, 0.05) is 62.5 Å². The average Bonchev–Trinajstić information content (AvgIpc) is 3.49. The molecule has 0 radical (unpaired) electrons. The van der Waals surface area contributed by atoms with Crippen LogP contribution in [0.2, 0.25) is 0 Å². The molecule has 8 heteroatoms. The first-order valence-electron chi connectivity index (χ1n) is 14.3. The molecule has 40 heavy (non-hydrogen) atoms. The van der Waals surface area contributed by atoms with Gasteiger partial charge >= 0.3 is 0 Å². The topological polar surface area (TPSA) is 76.7 Å². The Kier molecular flexibility index (Phi) is 7.00. The number of aromatic nitrogens is 6. The molecule has 0 bridgehead atoms. The maximum absolute atomic E-state index is 4.98. The van der Waals surface area contributed by atoms with Gasteiger partial charge in [0.15, 0.2) is 5.82 Å². The number of allylic oxidation sites excluding steroid dienone is 2. The van der Waals surface area contributed by atoms with Crippen LogP contribution in [0.1, 0.15) is 50.9 Å². The van der Waals surface area contributed by atoms with Crippen LogP contribution in [-0.4, -0.2) is 47.5 Å². The minimum atomic E-state index is 0.548. The molecular weight excluding hydrogens is 496 g/mol. The molecule has 0 unspecified atom stereocenters. The fraction of sp³-hybridized carbons (Fsp3) is 0.375. The van der Waals surface area contributed by atoms with Gasteiger partial charge in [0.1, 0.15) is 0 Å².